The van der Waals surface area contributed by atoms with Crippen LogP contribution in [0, 0.1) is 21.4 Å². The largest absolute Gasteiger partial charge is 0.329 e. The van der Waals surface area contributed by atoms with Gasteiger partial charge in [0.1, 0.15) is 0 Å². The van der Waals surface area contributed by atoms with Gasteiger partial charge in [-0.15, -0.1) is 0 Å². The molecular weight excluding hydrogens is 394 g/mol. The fourth-order valence-electron chi connectivity index (χ4n) is 3.43. The van der Waals surface area contributed by atoms with Crippen molar-refractivity contribution >= 4 is 15.7 Å². The molecule has 0 amide bonds. The third-order valence-corrected chi connectivity index (χ3v) is 6.86. The maximum absolute atomic E-state index is 13.1. The summed E-state index contributed by atoms with van der Waals surface area (Å²) < 4.78 is 27.6. The zero-order chi connectivity index (χ0) is 21.0. The highest BCUT2D eigenvalue weighted by molar-refractivity contribution is 7.89. The van der Waals surface area contributed by atoms with E-state index in [0.29, 0.717) is 31.7 Å². The van der Waals surface area contributed by atoms with E-state index < -0.39 is 14.9 Å². The van der Waals surface area contributed by atoms with Gasteiger partial charge < -0.3 is 5.73 Å². The minimum absolute atomic E-state index is 0.0222. The minimum Gasteiger partial charge on any atom is -0.329 e. The van der Waals surface area contributed by atoms with Crippen LogP contribution in [0.5, 0.6) is 0 Å². The number of non-ortho nitro benzene ring substituents is 1. The van der Waals surface area contributed by atoms with Crippen LogP contribution in [-0.2, 0) is 10.0 Å². The molecule has 0 aromatic heterocycles. The molecule has 0 bridgehead atoms. The second kappa shape index (κ2) is 8.67. The summed E-state index contributed by atoms with van der Waals surface area (Å²) >= 11 is 0. The van der Waals surface area contributed by atoms with Crippen molar-refractivity contribution in [3.8, 4) is 6.07 Å². The quantitative estimate of drug-likeness (QED) is 0.558. The first-order chi connectivity index (χ1) is 13.9. The summed E-state index contributed by atoms with van der Waals surface area (Å²) in [6.07, 6.45) is 0. The molecule has 1 unspecified atom stereocenters. The first-order valence-electron chi connectivity index (χ1n) is 9.05. The molecule has 2 aromatic rings. The van der Waals surface area contributed by atoms with Gasteiger partial charge in [0.05, 0.1) is 21.5 Å². The van der Waals surface area contributed by atoms with Crippen molar-refractivity contribution in [3.63, 3.8) is 0 Å². The molecule has 10 heteroatoms. The number of nitriles is 1. The molecule has 29 heavy (non-hydrogen) atoms. The van der Waals surface area contributed by atoms with Crippen molar-refractivity contribution in [2.24, 2.45) is 5.73 Å². The highest BCUT2D eigenvalue weighted by Gasteiger charge is 2.34. The van der Waals surface area contributed by atoms with Crippen LogP contribution in [0.25, 0.3) is 0 Å². The van der Waals surface area contributed by atoms with Gasteiger partial charge in [-0.25, -0.2) is 8.42 Å². The van der Waals surface area contributed by atoms with E-state index in [-0.39, 0.29) is 23.2 Å². The molecule has 9 nitrogen and oxygen atoms in total. The maximum Gasteiger partial charge on any atom is 0.269 e. The Morgan fingerprint density at radius 2 is 1.79 bits per heavy atom. The Morgan fingerprint density at radius 1 is 1.14 bits per heavy atom. The van der Waals surface area contributed by atoms with Crippen LogP contribution in [0.15, 0.2) is 53.4 Å². The van der Waals surface area contributed by atoms with Gasteiger partial charge in [-0.3, -0.25) is 15.0 Å². The number of rotatable bonds is 6. The zero-order valence-electron chi connectivity index (χ0n) is 15.6. The predicted molar refractivity (Wildman–Crippen MR) is 106 cm³/mol. The van der Waals surface area contributed by atoms with E-state index in [1.807, 2.05) is 12.1 Å². The first-order valence-corrected chi connectivity index (χ1v) is 10.5. The molecule has 0 saturated carbocycles. The molecule has 2 N–H and O–H groups in total. The number of nitrogens with zero attached hydrogens (tertiary/aromatic N) is 4. The first kappa shape index (κ1) is 20.9. The smallest absolute Gasteiger partial charge is 0.269 e. The predicted octanol–water partition coefficient (Wildman–Crippen LogP) is 1.47. The number of hydrogen-bond acceptors (Lipinski definition) is 7. The Labute approximate surface area is 169 Å². The van der Waals surface area contributed by atoms with E-state index in [1.54, 1.807) is 12.1 Å². The van der Waals surface area contributed by atoms with Crippen molar-refractivity contribution in [2.45, 2.75) is 10.9 Å². The highest BCUT2D eigenvalue weighted by atomic mass is 32.2. The Hall–Kier alpha value is -2.84. The van der Waals surface area contributed by atoms with Gasteiger partial charge in [0.15, 0.2) is 0 Å². The van der Waals surface area contributed by atoms with E-state index in [0.717, 1.165) is 5.56 Å². The van der Waals surface area contributed by atoms with Crippen LogP contribution < -0.4 is 5.73 Å². The molecule has 1 atom stereocenters. The lowest BCUT2D eigenvalue weighted by Gasteiger charge is -2.41. The molecule has 1 heterocycles. The van der Waals surface area contributed by atoms with Gasteiger partial charge in [0.2, 0.25) is 10.0 Å². The van der Waals surface area contributed by atoms with Crippen LogP contribution in [0.2, 0.25) is 0 Å². The summed E-state index contributed by atoms with van der Waals surface area (Å²) in [6, 6.07) is 13.8. The fraction of sp³-hybridized carbons (Fsp3) is 0.316. The molecule has 1 fully saturated rings. The highest BCUT2D eigenvalue weighted by Crippen LogP contribution is 2.29. The van der Waals surface area contributed by atoms with E-state index in [2.05, 4.69) is 11.0 Å². The molecule has 152 valence electrons. The lowest BCUT2D eigenvalue weighted by Crippen LogP contribution is -2.51. The molecular formula is C19H21N5O4S. The molecule has 0 spiro atoms. The molecule has 1 saturated heterocycles. The number of nitrogens with two attached hydrogens (primary N) is 1. The standard InChI is InChI=1S/C19H21N5O4S/c20-9-10-22-11-12-23(14-19(22)16-3-1-15(13-21)2-4-16)29(27,28)18-7-5-17(6-8-18)24(25)26/h1-8,19H,9-12,14,20H2. The summed E-state index contributed by atoms with van der Waals surface area (Å²) in [5, 5.41) is 19.8. The topological polar surface area (TPSA) is 134 Å². The van der Waals surface area contributed by atoms with Gasteiger partial charge in [0.25, 0.3) is 5.69 Å². The third kappa shape index (κ3) is 4.44. The fourth-order valence-corrected chi connectivity index (χ4v) is 4.87. The monoisotopic (exact) mass is 415 g/mol. The van der Waals surface area contributed by atoms with Crippen molar-refractivity contribution < 1.29 is 13.3 Å². The summed E-state index contributed by atoms with van der Waals surface area (Å²) in [5.41, 5.74) is 7.00. The summed E-state index contributed by atoms with van der Waals surface area (Å²) in [4.78, 5) is 12.4. The Morgan fingerprint density at radius 3 is 2.34 bits per heavy atom. The Bertz CT molecular complexity index is 1020. The minimum atomic E-state index is -3.80. The molecule has 2 aromatic carbocycles. The number of hydrogen-bond donors (Lipinski definition) is 1. The number of benzene rings is 2. The number of piperazine rings is 1. The molecule has 1 aliphatic rings. The summed E-state index contributed by atoms with van der Waals surface area (Å²) in [6.45, 7) is 2.10. The molecule has 0 radical (unpaired) electrons. The second-order valence-corrected chi connectivity index (χ2v) is 8.63. The zero-order valence-corrected chi connectivity index (χ0v) is 16.5. The van der Waals surface area contributed by atoms with Crippen LogP contribution in [0.4, 0.5) is 5.69 Å². The van der Waals surface area contributed by atoms with E-state index >= 15 is 0 Å². The third-order valence-electron chi connectivity index (χ3n) is 4.98. The van der Waals surface area contributed by atoms with Crippen LogP contribution in [0.3, 0.4) is 0 Å². The van der Waals surface area contributed by atoms with Crippen LogP contribution in [-0.4, -0.2) is 55.3 Å². The number of sulfonamides is 1. The van der Waals surface area contributed by atoms with Gasteiger partial charge in [-0.05, 0) is 29.8 Å². The number of nitro benzene ring substituents is 1. The Kier molecular flexibility index (Phi) is 6.24. The normalized spacial score (nSPS) is 18.3. The summed E-state index contributed by atoms with van der Waals surface area (Å²) in [7, 11) is -3.80. The van der Waals surface area contributed by atoms with Gasteiger partial charge >= 0.3 is 0 Å². The Balaban J connectivity index is 1.88. The molecule has 1 aliphatic heterocycles. The van der Waals surface area contributed by atoms with Crippen LogP contribution >= 0.6 is 0 Å². The lowest BCUT2D eigenvalue weighted by molar-refractivity contribution is -0.384. The average Bonchev–Trinajstić information content (AvgIpc) is 2.74. The van der Waals surface area contributed by atoms with Crippen LogP contribution in [0.1, 0.15) is 17.2 Å². The van der Waals surface area contributed by atoms with Gasteiger partial charge in [-0.1, -0.05) is 12.1 Å². The van der Waals surface area contributed by atoms with Crippen molar-refractivity contribution in [1.29, 1.82) is 5.26 Å². The van der Waals surface area contributed by atoms with E-state index in [1.165, 1.54) is 28.6 Å². The van der Waals surface area contributed by atoms with Gasteiger partial charge in [-0.2, -0.15) is 9.57 Å². The number of nitro groups is 1. The average molecular weight is 415 g/mol. The van der Waals surface area contributed by atoms with Crippen molar-refractivity contribution in [1.82, 2.24) is 9.21 Å². The van der Waals surface area contributed by atoms with Gasteiger partial charge in [0, 0.05) is 50.9 Å². The maximum atomic E-state index is 13.1. The van der Waals surface area contributed by atoms with E-state index in [9.17, 15) is 18.5 Å². The molecule has 3 rings (SSSR count). The summed E-state index contributed by atoms with van der Waals surface area (Å²) in [5.74, 6) is 0. The van der Waals surface area contributed by atoms with Crippen molar-refractivity contribution in [3.05, 3.63) is 69.8 Å². The SMILES string of the molecule is N#Cc1ccc(C2CN(S(=O)(=O)c3ccc([N+](=O)[O-])cc3)CCN2CCN)cc1. The van der Waals surface area contributed by atoms with E-state index in [4.69, 9.17) is 11.0 Å². The lowest BCUT2D eigenvalue weighted by atomic mass is 10.0. The second-order valence-electron chi connectivity index (χ2n) is 6.69. The molecule has 0 aliphatic carbocycles. The van der Waals surface area contributed by atoms with Crippen molar-refractivity contribution in [2.75, 3.05) is 32.7 Å².